The average molecular weight is 428 g/mol. The van der Waals surface area contributed by atoms with Crippen molar-refractivity contribution in [1.82, 2.24) is 0 Å². The lowest BCUT2D eigenvalue weighted by molar-refractivity contribution is -0.119. The maximum Gasteiger partial charge on any atom is 0.338 e. The lowest BCUT2D eigenvalue weighted by atomic mass is 10.00. The Morgan fingerprint density at radius 3 is 2.21 bits per heavy atom. The van der Waals surface area contributed by atoms with Crippen LogP contribution in [-0.2, 0) is 22.4 Å². The van der Waals surface area contributed by atoms with Gasteiger partial charge in [-0.1, -0.05) is 71.7 Å². The largest absolute Gasteiger partial charge is 0.452 e. The minimum absolute atomic E-state index is 0.400. The highest BCUT2D eigenvalue weighted by atomic mass is 35.5. The van der Waals surface area contributed by atoms with Crippen LogP contribution in [0, 0.1) is 0 Å². The van der Waals surface area contributed by atoms with Crippen LogP contribution in [0.3, 0.4) is 0 Å². The van der Waals surface area contributed by atoms with Crippen molar-refractivity contribution in [3.05, 3.63) is 99.5 Å². The van der Waals surface area contributed by atoms with Gasteiger partial charge in [0.05, 0.1) is 5.56 Å². The second kappa shape index (κ2) is 10.1. The number of hydrogen-bond donors (Lipinski definition) is 1. The van der Waals surface area contributed by atoms with Crippen molar-refractivity contribution in [2.24, 2.45) is 0 Å². The number of aryl methyl sites for hydroxylation is 2. The van der Waals surface area contributed by atoms with Gasteiger partial charge in [0.15, 0.2) is 6.61 Å². The quantitative estimate of drug-likeness (QED) is 0.501. The molecule has 0 unspecified atom stereocenters. The molecule has 6 heteroatoms. The number of halogens is 2. The lowest BCUT2D eigenvalue weighted by Gasteiger charge is -2.10. The molecular formula is C23H19Cl2NO3. The molecule has 1 N–H and O–H groups in total. The summed E-state index contributed by atoms with van der Waals surface area (Å²) in [6, 6.07) is 22.0. The van der Waals surface area contributed by atoms with E-state index in [2.05, 4.69) is 5.32 Å². The highest BCUT2D eigenvalue weighted by Crippen LogP contribution is 2.22. The molecule has 0 radical (unpaired) electrons. The van der Waals surface area contributed by atoms with E-state index in [1.165, 1.54) is 5.56 Å². The Labute approximate surface area is 179 Å². The summed E-state index contributed by atoms with van der Waals surface area (Å²) in [5.74, 6) is -1.01. The first-order valence-electron chi connectivity index (χ1n) is 9.06. The molecule has 3 aromatic rings. The highest BCUT2D eigenvalue weighted by molar-refractivity contribution is 6.35. The summed E-state index contributed by atoms with van der Waals surface area (Å²) in [6.07, 6.45) is 1.50. The zero-order valence-corrected chi connectivity index (χ0v) is 17.0. The number of anilines is 1. The number of nitrogens with one attached hydrogen (secondary N) is 1. The number of ether oxygens (including phenoxy) is 1. The van der Waals surface area contributed by atoms with E-state index in [0.29, 0.717) is 27.7 Å². The highest BCUT2D eigenvalue weighted by Gasteiger charge is 2.14. The molecule has 148 valence electrons. The Balaban J connectivity index is 1.58. The number of carbonyl (C=O) groups is 2. The summed E-state index contributed by atoms with van der Waals surface area (Å²) in [5, 5.41) is 3.41. The van der Waals surface area contributed by atoms with Gasteiger partial charge in [-0.15, -0.1) is 0 Å². The van der Waals surface area contributed by atoms with E-state index < -0.39 is 18.5 Å². The molecule has 0 spiro atoms. The molecular weight excluding hydrogens is 409 g/mol. The Kier molecular flexibility index (Phi) is 7.28. The van der Waals surface area contributed by atoms with Crippen LogP contribution in [0.15, 0.2) is 72.8 Å². The summed E-state index contributed by atoms with van der Waals surface area (Å²) < 4.78 is 5.20. The predicted molar refractivity (Wildman–Crippen MR) is 116 cm³/mol. The molecule has 0 atom stereocenters. The molecule has 0 aliphatic heterocycles. The molecule has 0 aromatic heterocycles. The van der Waals surface area contributed by atoms with Crippen molar-refractivity contribution in [3.63, 3.8) is 0 Å². The van der Waals surface area contributed by atoms with Crippen molar-refractivity contribution in [1.29, 1.82) is 0 Å². The molecule has 3 rings (SSSR count). The number of amides is 1. The molecule has 0 heterocycles. The van der Waals surface area contributed by atoms with E-state index in [1.807, 2.05) is 42.5 Å². The third kappa shape index (κ3) is 6.34. The molecule has 0 bridgehead atoms. The number of benzene rings is 3. The zero-order chi connectivity index (χ0) is 20.6. The van der Waals surface area contributed by atoms with Crippen molar-refractivity contribution < 1.29 is 14.3 Å². The fraction of sp³-hybridized carbons (Fsp3) is 0.130. The van der Waals surface area contributed by atoms with Crippen LogP contribution in [0.4, 0.5) is 5.69 Å². The number of esters is 1. The summed E-state index contributed by atoms with van der Waals surface area (Å²) >= 11 is 11.8. The van der Waals surface area contributed by atoms with Gasteiger partial charge in [0, 0.05) is 15.7 Å². The van der Waals surface area contributed by atoms with Crippen molar-refractivity contribution >= 4 is 40.8 Å². The van der Waals surface area contributed by atoms with Gasteiger partial charge in [0.1, 0.15) is 0 Å². The van der Waals surface area contributed by atoms with Gasteiger partial charge in [-0.2, -0.15) is 0 Å². The Hall–Kier alpha value is -2.82. The normalized spacial score (nSPS) is 10.4. The van der Waals surface area contributed by atoms with E-state index in [1.54, 1.807) is 30.3 Å². The molecule has 0 saturated carbocycles. The first kappa shape index (κ1) is 20.9. The molecule has 1 amide bonds. The third-order valence-electron chi connectivity index (χ3n) is 4.24. The number of carbonyl (C=O) groups excluding carboxylic acids is 2. The maximum atomic E-state index is 12.5. The van der Waals surface area contributed by atoms with Crippen LogP contribution < -0.4 is 5.32 Å². The van der Waals surface area contributed by atoms with Crippen LogP contribution in [0.5, 0.6) is 0 Å². The van der Waals surface area contributed by atoms with E-state index in [9.17, 15) is 9.59 Å². The molecule has 0 aliphatic rings. The average Bonchev–Trinajstić information content (AvgIpc) is 2.71. The van der Waals surface area contributed by atoms with Gasteiger partial charge >= 0.3 is 5.97 Å². The zero-order valence-electron chi connectivity index (χ0n) is 15.5. The smallest absolute Gasteiger partial charge is 0.338 e. The van der Waals surface area contributed by atoms with Gasteiger partial charge in [-0.25, -0.2) is 4.79 Å². The molecule has 0 saturated heterocycles. The van der Waals surface area contributed by atoms with Crippen LogP contribution in [0.1, 0.15) is 21.5 Å². The minimum Gasteiger partial charge on any atom is -0.452 e. The van der Waals surface area contributed by atoms with Crippen molar-refractivity contribution in [2.75, 3.05) is 11.9 Å². The molecule has 29 heavy (non-hydrogen) atoms. The fourth-order valence-electron chi connectivity index (χ4n) is 2.89. The second-order valence-electron chi connectivity index (χ2n) is 6.43. The summed E-state index contributed by atoms with van der Waals surface area (Å²) in [6.45, 7) is -0.407. The van der Waals surface area contributed by atoms with Gasteiger partial charge in [-0.3, -0.25) is 4.79 Å². The first-order chi connectivity index (χ1) is 14.0. The molecule has 4 nitrogen and oxygen atoms in total. The first-order valence-corrected chi connectivity index (χ1v) is 9.82. The van der Waals surface area contributed by atoms with Crippen molar-refractivity contribution in [3.8, 4) is 0 Å². The third-order valence-corrected chi connectivity index (χ3v) is 4.68. The van der Waals surface area contributed by atoms with E-state index in [-0.39, 0.29) is 0 Å². The van der Waals surface area contributed by atoms with Crippen LogP contribution >= 0.6 is 23.2 Å². The standard InChI is InChI=1S/C23H19Cl2NO3/c24-18-12-19(25)14-20(13-18)26-22(27)15-29-23(28)21-9-5-4-8-17(21)11-10-16-6-2-1-3-7-16/h1-9,12-14H,10-11,15H2,(H,26,27). The SMILES string of the molecule is O=C(COC(=O)c1ccccc1CCc1ccccc1)Nc1cc(Cl)cc(Cl)c1. The van der Waals surface area contributed by atoms with Gasteiger partial charge < -0.3 is 10.1 Å². The van der Waals surface area contributed by atoms with E-state index in [4.69, 9.17) is 27.9 Å². The number of hydrogen-bond acceptors (Lipinski definition) is 3. The topological polar surface area (TPSA) is 55.4 Å². The van der Waals surface area contributed by atoms with E-state index >= 15 is 0 Å². The fourth-order valence-corrected chi connectivity index (χ4v) is 3.42. The summed E-state index contributed by atoms with van der Waals surface area (Å²) in [4.78, 5) is 24.6. The monoisotopic (exact) mass is 427 g/mol. The summed E-state index contributed by atoms with van der Waals surface area (Å²) in [5.41, 5.74) is 2.97. The number of rotatable bonds is 7. The summed E-state index contributed by atoms with van der Waals surface area (Å²) in [7, 11) is 0. The predicted octanol–water partition coefficient (Wildman–Crippen LogP) is 5.57. The van der Waals surface area contributed by atoms with Crippen LogP contribution in [0.25, 0.3) is 0 Å². The Bertz CT molecular complexity index is 986. The van der Waals surface area contributed by atoms with Gasteiger partial charge in [0.2, 0.25) is 0 Å². The van der Waals surface area contributed by atoms with Crippen molar-refractivity contribution in [2.45, 2.75) is 12.8 Å². The van der Waals surface area contributed by atoms with Crippen LogP contribution in [0.2, 0.25) is 10.0 Å². The molecule has 3 aromatic carbocycles. The Morgan fingerprint density at radius 2 is 1.48 bits per heavy atom. The van der Waals surface area contributed by atoms with Crippen LogP contribution in [-0.4, -0.2) is 18.5 Å². The molecule has 0 aliphatic carbocycles. The maximum absolute atomic E-state index is 12.5. The van der Waals surface area contributed by atoms with E-state index in [0.717, 1.165) is 12.0 Å². The van der Waals surface area contributed by atoms with Gasteiger partial charge in [0.25, 0.3) is 5.91 Å². The second-order valence-corrected chi connectivity index (χ2v) is 7.30. The Morgan fingerprint density at radius 1 is 0.828 bits per heavy atom. The molecule has 0 fully saturated rings. The minimum atomic E-state index is -0.534. The lowest BCUT2D eigenvalue weighted by Crippen LogP contribution is -2.21. The van der Waals surface area contributed by atoms with Gasteiger partial charge in [-0.05, 0) is 48.2 Å².